The molecule has 0 saturated carbocycles. The second kappa shape index (κ2) is 9.95. The van der Waals surface area contributed by atoms with Crippen LogP contribution in [-0.4, -0.2) is 16.0 Å². The van der Waals surface area contributed by atoms with E-state index in [4.69, 9.17) is 0 Å². The zero-order chi connectivity index (χ0) is 24.1. The smallest absolute Gasteiger partial charge is 0.323 e. The van der Waals surface area contributed by atoms with E-state index >= 15 is 0 Å². The van der Waals surface area contributed by atoms with E-state index in [1.165, 1.54) is 0 Å². The quantitative estimate of drug-likeness (QED) is 0.264. The molecule has 0 aliphatic heterocycles. The number of halogens is 2. The molecule has 1 aromatic heterocycles. The SMILES string of the molecule is Cc1ccc(Nc2nc(C)cc(Nc3ccc(NC(=O)Nc4cc(F)cc(F)c4)cc3)n2)cc1. The van der Waals surface area contributed by atoms with Crippen molar-refractivity contribution < 1.29 is 13.6 Å². The van der Waals surface area contributed by atoms with Gasteiger partial charge in [-0.05, 0) is 62.4 Å². The minimum absolute atomic E-state index is 0.0162. The summed E-state index contributed by atoms with van der Waals surface area (Å²) < 4.78 is 26.5. The van der Waals surface area contributed by atoms with Crippen LogP contribution in [0.1, 0.15) is 11.3 Å². The van der Waals surface area contributed by atoms with Crippen LogP contribution >= 0.6 is 0 Å². The first-order chi connectivity index (χ1) is 16.3. The minimum atomic E-state index is -0.775. The summed E-state index contributed by atoms with van der Waals surface area (Å²) in [6.45, 7) is 3.90. The topological polar surface area (TPSA) is 91.0 Å². The lowest BCUT2D eigenvalue weighted by Crippen LogP contribution is -2.19. The second-order valence-corrected chi connectivity index (χ2v) is 7.65. The third kappa shape index (κ3) is 6.26. The van der Waals surface area contributed by atoms with Crippen molar-refractivity contribution in [1.29, 1.82) is 0 Å². The number of rotatable bonds is 6. The van der Waals surface area contributed by atoms with Gasteiger partial charge in [-0.1, -0.05) is 17.7 Å². The van der Waals surface area contributed by atoms with Gasteiger partial charge in [-0.15, -0.1) is 0 Å². The van der Waals surface area contributed by atoms with Crippen molar-refractivity contribution in [3.63, 3.8) is 0 Å². The highest BCUT2D eigenvalue weighted by Crippen LogP contribution is 2.21. The van der Waals surface area contributed by atoms with Gasteiger partial charge in [-0.2, -0.15) is 4.98 Å². The van der Waals surface area contributed by atoms with Gasteiger partial charge in [-0.25, -0.2) is 18.6 Å². The summed E-state index contributed by atoms with van der Waals surface area (Å²) in [4.78, 5) is 21.0. The Hall–Kier alpha value is -4.53. The Kier molecular flexibility index (Phi) is 6.63. The van der Waals surface area contributed by atoms with Gasteiger partial charge in [0.15, 0.2) is 0 Å². The van der Waals surface area contributed by atoms with Gasteiger partial charge in [0.05, 0.1) is 0 Å². The molecule has 0 saturated heterocycles. The van der Waals surface area contributed by atoms with Gasteiger partial charge in [0, 0.05) is 40.6 Å². The molecule has 0 unspecified atom stereocenters. The molecule has 4 N–H and O–H groups in total. The van der Waals surface area contributed by atoms with E-state index in [0.717, 1.165) is 40.8 Å². The number of hydrogen-bond acceptors (Lipinski definition) is 5. The molecule has 0 aliphatic carbocycles. The zero-order valence-corrected chi connectivity index (χ0v) is 18.5. The van der Waals surface area contributed by atoms with Crippen LogP contribution in [0.4, 0.5) is 48.1 Å². The molecule has 2 amide bonds. The molecule has 0 radical (unpaired) electrons. The fraction of sp³-hybridized carbons (Fsp3) is 0.0800. The van der Waals surface area contributed by atoms with Gasteiger partial charge in [0.25, 0.3) is 0 Å². The molecule has 172 valence electrons. The summed E-state index contributed by atoms with van der Waals surface area (Å²) in [5.74, 6) is -0.477. The molecule has 3 aromatic carbocycles. The second-order valence-electron chi connectivity index (χ2n) is 7.65. The average Bonchev–Trinajstić information content (AvgIpc) is 2.75. The van der Waals surface area contributed by atoms with Crippen molar-refractivity contribution in [2.24, 2.45) is 0 Å². The summed E-state index contributed by atoms with van der Waals surface area (Å²) in [5, 5.41) is 11.4. The lowest BCUT2D eigenvalue weighted by molar-refractivity contribution is 0.262. The highest BCUT2D eigenvalue weighted by molar-refractivity contribution is 5.99. The summed E-state index contributed by atoms with van der Waals surface area (Å²) in [6, 6.07) is 18.8. The minimum Gasteiger partial charge on any atom is -0.340 e. The van der Waals surface area contributed by atoms with Crippen molar-refractivity contribution >= 4 is 40.5 Å². The van der Waals surface area contributed by atoms with Crippen molar-refractivity contribution in [3.8, 4) is 0 Å². The van der Waals surface area contributed by atoms with Crippen LogP contribution in [0.3, 0.4) is 0 Å². The first-order valence-corrected chi connectivity index (χ1v) is 10.4. The van der Waals surface area contributed by atoms with Gasteiger partial charge >= 0.3 is 6.03 Å². The Bertz CT molecular complexity index is 1290. The molecule has 4 rings (SSSR count). The van der Waals surface area contributed by atoms with Gasteiger partial charge in [0.1, 0.15) is 17.5 Å². The number of aromatic nitrogens is 2. The van der Waals surface area contributed by atoms with E-state index in [-0.39, 0.29) is 5.69 Å². The first-order valence-electron chi connectivity index (χ1n) is 10.4. The number of benzene rings is 3. The molecule has 7 nitrogen and oxygen atoms in total. The third-order valence-electron chi connectivity index (χ3n) is 4.70. The van der Waals surface area contributed by atoms with Crippen molar-refractivity contribution in [3.05, 3.63) is 95.7 Å². The van der Waals surface area contributed by atoms with Crippen LogP contribution in [0, 0.1) is 25.5 Å². The number of carbonyl (C=O) groups is 1. The molecular formula is C25H22F2N6O. The van der Waals surface area contributed by atoms with E-state index in [9.17, 15) is 13.6 Å². The maximum absolute atomic E-state index is 13.3. The van der Waals surface area contributed by atoms with Gasteiger partial charge < -0.3 is 21.3 Å². The van der Waals surface area contributed by atoms with Gasteiger partial charge in [-0.3, -0.25) is 0 Å². The average molecular weight is 460 g/mol. The number of aryl methyl sites for hydroxylation is 2. The van der Waals surface area contributed by atoms with Crippen LogP contribution < -0.4 is 21.3 Å². The lowest BCUT2D eigenvalue weighted by Gasteiger charge is -2.11. The summed E-state index contributed by atoms with van der Waals surface area (Å²) >= 11 is 0. The number of nitrogens with one attached hydrogen (secondary N) is 4. The van der Waals surface area contributed by atoms with Crippen LogP contribution in [0.5, 0.6) is 0 Å². The molecule has 0 atom stereocenters. The Morgan fingerprint density at radius 1 is 0.676 bits per heavy atom. The fourth-order valence-electron chi connectivity index (χ4n) is 3.16. The Morgan fingerprint density at radius 3 is 1.91 bits per heavy atom. The molecule has 0 spiro atoms. The zero-order valence-electron chi connectivity index (χ0n) is 18.5. The monoisotopic (exact) mass is 460 g/mol. The maximum Gasteiger partial charge on any atom is 0.323 e. The third-order valence-corrected chi connectivity index (χ3v) is 4.70. The van der Waals surface area contributed by atoms with Crippen molar-refractivity contribution in [2.75, 3.05) is 21.3 Å². The molecule has 0 bridgehead atoms. The highest BCUT2D eigenvalue weighted by Gasteiger charge is 2.07. The van der Waals surface area contributed by atoms with Crippen LogP contribution in [0.2, 0.25) is 0 Å². The number of urea groups is 1. The Labute approximate surface area is 195 Å². The summed E-state index contributed by atoms with van der Waals surface area (Å²) in [5.41, 5.74) is 4.10. The molecule has 0 fully saturated rings. The van der Waals surface area contributed by atoms with Crippen LogP contribution in [-0.2, 0) is 0 Å². The van der Waals surface area contributed by atoms with Crippen LogP contribution in [0.25, 0.3) is 0 Å². The van der Waals surface area contributed by atoms with E-state index in [1.54, 1.807) is 24.3 Å². The first kappa shape index (κ1) is 22.7. The highest BCUT2D eigenvalue weighted by atomic mass is 19.1. The molecule has 34 heavy (non-hydrogen) atoms. The van der Waals surface area contributed by atoms with E-state index in [0.29, 0.717) is 17.5 Å². The number of hydrogen-bond donors (Lipinski definition) is 4. The van der Waals surface area contributed by atoms with Crippen molar-refractivity contribution in [1.82, 2.24) is 9.97 Å². The Morgan fingerprint density at radius 2 is 1.24 bits per heavy atom. The number of carbonyl (C=O) groups excluding carboxylic acids is 1. The van der Waals surface area contributed by atoms with E-state index in [1.807, 2.05) is 44.2 Å². The number of anilines is 6. The largest absolute Gasteiger partial charge is 0.340 e. The lowest BCUT2D eigenvalue weighted by atomic mass is 10.2. The normalized spacial score (nSPS) is 10.5. The standard InChI is InChI=1S/C25H22F2N6O/c1-15-3-5-20(6-4-15)30-24-28-16(2)11-23(33-24)29-19-7-9-21(10-8-19)31-25(34)32-22-13-17(26)12-18(27)14-22/h3-14H,1-2H3,(H2,31,32,34)(H2,28,29,30,33). The molecular weight excluding hydrogens is 438 g/mol. The number of nitrogens with zero attached hydrogens (tertiary/aromatic N) is 2. The Balaban J connectivity index is 1.38. The molecule has 4 aromatic rings. The molecule has 0 aliphatic rings. The summed E-state index contributed by atoms with van der Waals surface area (Å²) in [7, 11) is 0. The van der Waals surface area contributed by atoms with Crippen molar-refractivity contribution in [2.45, 2.75) is 13.8 Å². The van der Waals surface area contributed by atoms with E-state index in [2.05, 4.69) is 31.2 Å². The fourth-order valence-corrected chi connectivity index (χ4v) is 3.16. The predicted octanol–water partition coefficient (Wildman–Crippen LogP) is 6.50. The summed E-state index contributed by atoms with van der Waals surface area (Å²) in [6.07, 6.45) is 0. The molecule has 9 heteroatoms. The molecule has 1 heterocycles. The predicted molar refractivity (Wildman–Crippen MR) is 130 cm³/mol. The van der Waals surface area contributed by atoms with Gasteiger partial charge in [0.2, 0.25) is 5.95 Å². The van der Waals surface area contributed by atoms with E-state index < -0.39 is 17.7 Å². The van der Waals surface area contributed by atoms with Crippen LogP contribution in [0.15, 0.2) is 72.8 Å². The maximum atomic E-state index is 13.3. The number of amides is 2.